The van der Waals surface area contributed by atoms with Crippen molar-refractivity contribution in [2.45, 2.75) is 56.6 Å². The van der Waals surface area contributed by atoms with Crippen LogP contribution in [-0.4, -0.2) is 67.8 Å². The number of nitrogens with two attached hydrogens (primary N) is 2. The van der Waals surface area contributed by atoms with Gasteiger partial charge in [-0.05, 0) is 18.4 Å². The number of nitrogens with zero attached hydrogens (tertiary/aromatic N) is 2. The molecule has 0 aliphatic carbocycles. The summed E-state index contributed by atoms with van der Waals surface area (Å²) in [4.78, 5) is 45.1. The number of thioether (sulfide) groups is 1. The lowest BCUT2D eigenvalue weighted by Crippen LogP contribution is -2.39. The second-order valence-electron chi connectivity index (χ2n) is 8.78. The van der Waals surface area contributed by atoms with E-state index in [2.05, 4.69) is 20.3 Å². The first-order chi connectivity index (χ1) is 18.3. The first-order valence-corrected chi connectivity index (χ1v) is 14.2. The van der Waals surface area contributed by atoms with E-state index in [4.69, 9.17) is 25.3 Å². The number of ether oxygens (including phenoxy) is 1. The van der Waals surface area contributed by atoms with Crippen molar-refractivity contribution in [3.8, 4) is 0 Å². The monoisotopic (exact) mass is 566 g/mol. The topological polar surface area (TPSA) is 207 Å². The minimum Gasteiger partial charge on any atom is -0.388 e. The molecule has 0 spiro atoms. The molecule has 4 rings (SSSR count). The standard InChI is InChI=1S/C23H31N6O7PS/c24-22-27-14(10-15-19(31)20-16(35-15)12-34-37(33)36-20)18(21(32)29-22)28-23(25)38-9-5-4-8-17(30)26-11-13-6-2-1-3-7-13/h1-3,6-7,15-16,19-20,31,33H,4-5,8-12H2,(H2,25,28)(H,26,30)(H3,24,27,29,32). The lowest BCUT2D eigenvalue weighted by atomic mass is 10.0. The van der Waals surface area contributed by atoms with Crippen LogP contribution in [-0.2, 0) is 31.5 Å². The van der Waals surface area contributed by atoms with E-state index in [1.54, 1.807) is 0 Å². The number of aliphatic hydroxyl groups is 1. The molecule has 8 N–H and O–H groups in total. The lowest BCUT2D eigenvalue weighted by Gasteiger charge is -2.27. The lowest BCUT2D eigenvalue weighted by molar-refractivity contribution is -0.121. The van der Waals surface area contributed by atoms with Gasteiger partial charge in [-0.15, -0.1) is 0 Å². The number of amides is 1. The maximum absolute atomic E-state index is 12.6. The number of benzene rings is 1. The number of hydrogen-bond acceptors (Lipinski definition) is 11. The number of carbonyl (C=O) groups excluding carboxylic acids is 1. The average molecular weight is 567 g/mol. The minimum absolute atomic E-state index is 0.0177. The summed E-state index contributed by atoms with van der Waals surface area (Å²) in [5.41, 5.74) is 12.4. The van der Waals surface area contributed by atoms with E-state index in [0.29, 0.717) is 25.1 Å². The Kier molecular flexibility index (Phi) is 10.1. The molecule has 3 heterocycles. The van der Waals surface area contributed by atoms with Crippen LogP contribution >= 0.6 is 20.4 Å². The van der Waals surface area contributed by atoms with Gasteiger partial charge in [0.15, 0.2) is 10.9 Å². The number of amidine groups is 1. The van der Waals surface area contributed by atoms with Crippen LogP contribution in [0.4, 0.5) is 11.6 Å². The summed E-state index contributed by atoms with van der Waals surface area (Å²) in [6, 6.07) is 9.69. The Labute approximate surface area is 224 Å². The Hall–Kier alpha value is -2.58. The van der Waals surface area contributed by atoms with Crippen LogP contribution in [0, 0.1) is 0 Å². The number of rotatable bonds is 10. The van der Waals surface area contributed by atoms with Gasteiger partial charge in [0.1, 0.15) is 18.3 Å². The number of H-pyrrole nitrogens is 1. The van der Waals surface area contributed by atoms with Crippen molar-refractivity contribution >= 4 is 43.1 Å². The zero-order chi connectivity index (χ0) is 27.1. The van der Waals surface area contributed by atoms with Crippen LogP contribution in [0.3, 0.4) is 0 Å². The van der Waals surface area contributed by atoms with Gasteiger partial charge in [0, 0.05) is 25.1 Å². The van der Waals surface area contributed by atoms with Gasteiger partial charge >= 0.3 is 8.60 Å². The fourth-order valence-electron chi connectivity index (χ4n) is 4.09. The van der Waals surface area contributed by atoms with Gasteiger partial charge in [0.05, 0.1) is 18.4 Å². The Balaban J connectivity index is 1.28. The summed E-state index contributed by atoms with van der Waals surface area (Å²) in [7, 11) is -2.08. The number of carbonyl (C=O) groups is 1. The molecule has 1 aromatic carbocycles. The molecule has 2 aromatic rings. The van der Waals surface area contributed by atoms with Crippen molar-refractivity contribution in [1.82, 2.24) is 15.3 Å². The molecule has 2 saturated heterocycles. The molecule has 1 amide bonds. The third-order valence-corrected chi connectivity index (χ3v) is 7.65. The Morgan fingerprint density at radius 1 is 1.32 bits per heavy atom. The number of fused-ring (bicyclic) bond motifs is 1. The SMILES string of the molecule is N/C(=N\c1c(CC2OC3COP(O)OC3C2O)nc(N)[nH]c1=O)SCCCCC(=O)NCc1ccccc1. The molecule has 5 unspecified atom stereocenters. The highest BCUT2D eigenvalue weighted by Gasteiger charge is 2.49. The van der Waals surface area contributed by atoms with Gasteiger partial charge < -0.3 is 40.6 Å². The number of nitrogen functional groups attached to an aromatic ring is 1. The summed E-state index contributed by atoms with van der Waals surface area (Å²) in [6.45, 7) is 0.572. The number of nitrogens with one attached hydrogen (secondary N) is 2. The van der Waals surface area contributed by atoms with Crippen molar-refractivity contribution in [3.63, 3.8) is 0 Å². The largest absolute Gasteiger partial charge is 0.388 e. The smallest absolute Gasteiger partial charge is 0.330 e. The predicted molar refractivity (Wildman–Crippen MR) is 143 cm³/mol. The van der Waals surface area contributed by atoms with Crippen LogP contribution in [0.15, 0.2) is 40.1 Å². The van der Waals surface area contributed by atoms with Gasteiger partial charge in [-0.3, -0.25) is 14.6 Å². The van der Waals surface area contributed by atoms with Crippen molar-refractivity contribution in [1.29, 1.82) is 0 Å². The molecular formula is C23H31N6O7PS. The Morgan fingerprint density at radius 3 is 2.89 bits per heavy atom. The van der Waals surface area contributed by atoms with Crippen molar-refractivity contribution in [2.75, 3.05) is 18.1 Å². The highest BCUT2D eigenvalue weighted by Crippen LogP contribution is 2.44. The van der Waals surface area contributed by atoms with E-state index < -0.39 is 38.6 Å². The number of anilines is 1. The molecule has 206 valence electrons. The van der Waals surface area contributed by atoms with E-state index in [1.165, 1.54) is 11.8 Å². The maximum atomic E-state index is 12.6. The molecule has 1 aromatic heterocycles. The van der Waals surface area contributed by atoms with E-state index in [9.17, 15) is 19.6 Å². The van der Waals surface area contributed by atoms with E-state index in [0.717, 1.165) is 12.0 Å². The molecule has 2 fully saturated rings. The molecule has 2 aliphatic rings. The molecule has 2 aliphatic heterocycles. The highest BCUT2D eigenvalue weighted by molar-refractivity contribution is 8.13. The fourth-order valence-corrected chi connectivity index (χ4v) is 5.61. The minimum atomic E-state index is -2.08. The number of aliphatic imine (C=N–C) groups is 1. The summed E-state index contributed by atoms with van der Waals surface area (Å²) in [6.07, 6.45) is -1.35. The van der Waals surface area contributed by atoms with Crippen LogP contribution < -0.4 is 22.3 Å². The van der Waals surface area contributed by atoms with Gasteiger partial charge in [0.2, 0.25) is 11.9 Å². The molecule has 15 heteroatoms. The number of hydrogen-bond donors (Lipinski definition) is 6. The van der Waals surface area contributed by atoms with E-state index in [-0.39, 0.29) is 41.4 Å². The third-order valence-electron chi connectivity index (χ3n) is 5.98. The predicted octanol–water partition coefficient (Wildman–Crippen LogP) is 0.824. The van der Waals surface area contributed by atoms with Crippen LogP contribution in [0.25, 0.3) is 0 Å². The van der Waals surface area contributed by atoms with Crippen molar-refractivity contribution < 1.29 is 28.6 Å². The molecule has 0 saturated carbocycles. The molecule has 5 atom stereocenters. The molecule has 38 heavy (non-hydrogen) atoms. The molecule has 0 bridgehead atoms. The Morgan fingerprint density at radius 2 is 2.11 bits per heavy atom. The molecular weight excluding hydrogens is 535 g/mol. The number of unbranched alkanes of at least 4 members (excludes halogenated alkanes) is 1. The van der Waals surface area contributed by atoms with Gasteiger partial charge in [-0.25, -0.2) is 9.98 Å². The Bertz CT molecular complexity index is 1190. The van der Waals surface area contributed by atoms with Gasteiger partial charge in [0.25, 0.3) is 5.56 Å². The number of aliphatic hydroxyl groups excluding tert-OH is 1. The van der Waals surface area contributed by atoms with Gasteiger partial charge in [-0.1, -0.05) is 42.1 Å². The fraction of sp³-hybridized carbons (Fsp3) is 0.478. The van der Waals surface area contributed by atoms with Crippen molar-refractivity contribution in [3.05, 3.63) is 51.9 Å². The number of aromatic nitrogens is 2. The normalized spacial score (nSPS) is 25.2. The number of aromatic amines is 1. The third kappa shape index (κ3) is 7.73. The summed E-state index contributed by atoms with van der Waals surface area (Å²) >= 11 is 1.26. The highest BCUT2D eigenvalue weighted by atomic mass is 32.2. The molecule has 13 nitrogen and oxygen atoms in total. The first kappa shape index (κ1) is 28.4. The zero-order valence-corrected chi connectivity index (χ0v) is 22.2. The van der Waals surface area contributed by atoms with Crippen LogP contribution in [0.5, 0.6) is 0 Å². The second kappa shape index (κ2) is 13.5. The van der Waals surface area contributed by atoms with E-state index >= 15 is 0 Å². The maximum Gasteiger partial charge on any atom is 0.330 e. The zero-order valence-electron chi connectivity index (χ0n) is 20.5. The summed E-state index contributed by atoms with van der Waals surface area (Å²) in [5.74, 6) is 0.476. The van der Waals surface area contributed by atoms with Crippen molar-refractivity contribution in [2.24, 2.45) is 10.7 Å². The summed E-state index contributed by atoms with van der Waals surface area (Å²) in [5, 5.41) is 13.7. The molecule has 0 radical (unpaired) electrons. The summed E-state index contributed by atoms with van der Waals surface area (Å²) < 4.78 is 16.2. The van der Waals surface area contributed by atoms with Crippen LogP contribution in [0.1, 0.15) is 30.5 Å². The second-order valence-corrected chi connectivity index (χ2v) is 10.8. The quantitative estimate of drug-likeness (QED) is 0.103. The van der Waals surface area contributed by atoms with Gasteiger partial charge in [-0.2, -0.15) is 0 Å². The van der Waals surface area contributed by atoms with E-state index in [1.807, 2.05) is 30.3 Å². The van der Waals surface area contributed by atoms with Crippen LogP contribution in [0.2, 0.25) is 0 Å². The first-order valence-electron chi connectivity index (χ1n) is 12.1. The average Bonchev–Trinajstić information content (AvgIpc) is 3.19.